The molecule has 0 unspecified atom stereocenters. The molecule has 2 aromatic rings. The zero-order valence-corrected chi connectivity index (χ0v) is 12.3. The Balaban J connectivity index is 2.71. The minimum absolute atomic E-state index is 0.0376. The fraction of sp³-hybridized carbons (Fsp3) is 0.231. The summed E-state index contributed by atoms with van der Waals surface area (Å²) in [5.74, 6) is -0.851. The molecule has 19 heavy (non-hydrogen) atoms. The van der Waals surface area contributed by atoms with Crippen molar-refractivity contribution in [2.45, 2.75) is 20.8 Å². The number of H-pyrrole nitrogens is 1. The first-order valence-corrected chi connectivity index (χ1v) is 6.41. The number of aromatic carboxylic acids is 1. The van der Waals surface area contributed by atoms with Crippen LogP contribution in [0.5, 0.6) is 5.75 Å². The van der Waals surface area contributed by atoms with Gasteiger partial charge in [0.15, 0.2) is 0 Å². The Morgan fingerprint density at radius 1 is 1.26 bits per heavy atom. The molecule has 0 atom stereocenters. The monoisotopic (exact) mass is 324 g/mol. The van der Waals surface area contributed by atoms with Crippen LogP contribution >= 0.6 is 15.9 Å². The van der Waals surface area contributed by atoms with Gasteiger partial charge in [0.2, 0.25) is 0 Å². The van der Waals surface area contributed by atoms with Crippen LogP contribution in [-0.2, 0) is 0 Å². The van der Waals surface area contributed by atoms with Crippen molar-refractivity contribution in [2.24, 2.45) is 0 Å². The van der Waals surface area contributed by atoms with Crippen molar-refractivity contribution >= 4 is 21.9 Å². The molecule has 6 heteroatoms. The highest BCUT2D eigenvalue weighted by Gasteiger charge is 2.19. The summed E-state index contributed by atoms with van der Waals surface area (Å²) in [7, 11) is 0. The normalized spacial score (nSPS) is 10.7. The molecule has 0 aliphatic carbocycles. The van der Waals surface area contributed by atoms with Crippen molar-refractivity contribution in [3.63, 3.8) is 0 Å². The molecule has 100 valence electrons. The van der Waals surface area contributed by atoms with E-state index < -0.39 is 5.97 Å². The molecule has 3 N–H and O–H groups in total. The highest BCUT2D eigenvalue weighted by atomic mass is 79.9. The number of aromatic amines is 1. The predicted molar refractivity (Wildman–Crippen MR) is 74.6 cm³/mol. The molecule has 0 fully saturated rings. The summed E-state index contributed by atoms with van der Waals surface area (Å²) >= 11 is 3.34. The molecular formula is C13H13BrN2O3. The lowest BCUT2D eigenvalue weighted by Gasteiger charge is -2.14. The smallest absolute Gasteiger partial charge is 0.353 e. The van der Waals surface area contributed by atoms with Crippen molar-refractivity contribution in [3.8, 4) is 17.0 Å². The molecule has 0 radical (unpaired) electrons. The quantitative estimate of drug-likeness (QED) is 0.791. The van der Waals surface area contributed by atoms with E-state index in [-0.39, 0.29) is 11.4 Å². The molecule has 0 spiro atoms. The zero-order chi connectivity index (χ0) is 14.3. The van der Waals surface area contributed by atoms with Gasteiger partial charge in [0.25, 0.3) is 0 Å². The number of aromatic hydroxyl groups is 1. The molecule has 0 aliphatic rings. The van der Waals surface area contributed by atoms with Gasteiger partial charge in [0, 0.05) is 5.56 Å². The molecule has 2 rings (SSSR count). The Kier molecular flexibility index (Phi) is 3.36. The first-order chi connectivity index (χ1) is 8.84. The molecule has 0 bridgehead atoms. The van der Waals surface area contributed by atoms with Crippen LogP contribution in [0, 0.1) is 20.8 Å². The Bertz CT molecular complexity index is 648. The fourth-order valence-electron chi connectivity index (χ4n) is 2.04. The third-order valence-electron chi connectivity index (χ3n) is 3.27. The number of benzene rings is 1. The average Bonchev–Trinajstić information content (AvgIpc) is 2.84. The van der Waals surface area contributed by atoms with Crippen LogP contribution in [0.2, 0.25) is 0 Å². The fourth-order valence-corrected chi connectivity index (χ4v) is 2.54. The standard InChI is InChI=1S/C13H13BrN2O3/c1-5-6(2)12(17)11(14)7(3)10(5)8-4-9(13(18)19)16-15-8/h4,17H,1-3H3,(H,15,16)(H,18,19). The number of hydrogen-bond acceptors (Lipinski definition) is 3. The second-order valence-electron chi connectivity index (χ2n) is 4.38. The van der Waals surface area contributed by atoms with Gasteiger partial charge in [0.1, 0.15) is 11.4 Å². The molecule has 5 nitrogen and oxygen atoms in total. The first-order valence-electron chi connectivity index (χ1n) is 5.61. The Morgan fingerprint density at radius 3 is 2.42 bits per heavy atom. The number of carbonyl (C=O) groups is 1. The van der Waals surface area contributed by atoms with Crippen molar-refractivity contribution in [3.05, 3.63) is 32.9 Å². The van der Waals surface area contributed by atoms with Gasteiger partial charge in [-0.15, -0.1) is 0 Å². The van der Waals surface area contributed by atoms with E-state index in [0.717, 1.165) is 22.3 Å². The number of phenolic OH excluding ortho intramolecular Hbond substituents is 1. The van der Waals surface area contributed by atoms with E-state index in [1.54, 1.807) is 0 Å². The van der Waals surface area contributed by atoms with Crippen molar-refractivity contribution in [1.29, 1.82) is 0 Å². The Hall–Kier alpha value is -1.82. The van der Waals surface area contributed by atoms with Crippen LogP contribution in [0.3, 0.4) is 0 Å². The number of carboxylic acid groups (broad SMARTS) is 1. The van der Waals surface area contributed by atoms with Crippen LogP contribution in [0.15, 0.2) is 10.5 Å². The number of nitrogens with one attached hydrogen (secondary N) is 1. The summed E-state index contributed by atoms with van der Waals surface area (Å²) in [5.41, 5.74) is 3.86. The van der Waals surface area contributed by atoms with E-state index in [1.807, 2.05) is 20.8 Å². The van der Waals surface area contributed by atoms with Gasteiger partial charge in [-0.05, 0) is 59.5 Å². The Morgan fingerprint density at radius 2 is 1.89 bits per heavy atom. The van der Waals surface area contributed by atoms with E-state index in [1.165, 1.54) is 6.07 Å². The van der Waals surface area contributed by atoms with E-state index >= 15 is 0 Å². The lowest BCUT2D eigenvalue weighted by molar-refractivity contribution is 0.0690. The number of carboxylic acids is 1. The molecule has 0 saturated carbocycles. The van der Waals surface area contributed by atoms with E-state index in [0.29, 0.717) is 10.2 Å². The van der Waals surface area contributed by atoms with Crippen molar-refractivity contribution in [2.75, 3.05) is 0 Å². The SMILES string of the molecule is Cc1c(C)c(-c2cc(C(=O)O)[nH]n2)c(C)c(Br)c1O. The molecule has 1 aromatic heterocycles. The number of nitrogens with zero attached hydrogens (tertiary/aromatic N) is 1. The third kappa shape index (κ3) is 2.12. The van der Waals surface area contributed by atoms with Crippen molar-refractivity contribution in [1.82, 2.24) is 10.2 Å². The number of halogens is 1. The third-order valence-corrected chi connectivity index (χ3v) is 4.24. The van der Waals surface area contributed by atoms with Gasteiger partial charge >= 0.3 is 5.97 Å². The predicted octanol–water partition coefficient (Wildman–Crippen LogP) is 3.17. The minimum atomic E-state index is -1.05. The van der Waals surface area contributed by atoms with Gasteiger partial charge in [0.05, 0.1) is 10.2 Å². The molecular weight excluding hydrogens is 312 g/mol. The van der Waals surface area contributed by atoms with E-state index in [9.17, 15) is 9.90 Å². The maximum atomic E-state index is 10.9. The lowest BCUT2D eigenvalue weighted by Crippen LogP contribution is -1.95. The number of hydrogen-bond donors (Lipinski definition) is 3. The maximum Gasteiger partial charge on any atom is 0.353 e. The lowest BCUT2D eigenvalue weighted by atomic mass is 9.95. The maximum absolute atomic E-state index is 10.9. The number of aromatic nitrogens is 2. The van der Waals surface area contributed by atoms with Crippen LogP contribution in [0.25, 0.3) is 11.3 Å². The summed E-state index contributed by atoms with van der Waals surface area (Å²) in [4.78, 5) is 10.9. The second-order valence-corrected chi connectivity index (χ2v) is 5.18. The van der Waals surface area contributed by atoms with Crippen LogP contribution in [-0.4, -0.2) is 26.4 Å². The highest BCUT2D eigenvalue weighted by Crippen LogP contribution is 2.40. The number of rotatable bonds is 2. The minimum Gasteiger partial charge on any atom is -0.506 e. The molecule has 0 aliphatic heterocycles. The van der Waals surface area contributed by atoms with Crippen LogP contribution in [0.1, 0.15) is 27.2 Å². The molecule has 1 heterocycles. The molecule has 1 aromatic carbocycles. The largest absolute Gasteiger partial charge is 0.506 e. The highest BCUT2D eigenvalue weighted by molar-refractivity contribution is 9.10. The second kappa shape index (κ2) is 4.70. The van der Waals surface area contributed by atoms with Gasteiger partial charge in [-0.2, -0.15) is 5.10 Å². The van der Waals surface area contributed by atoms with Crippen LogP contribution < -0.4 is 0 Å². The summed E-state index contributed by atoms with van der Waals surface area (Å²) in [6.07, 6.45) is 0. The van der Waals surface area contributed by atoms with Gasteiger partial charge in [-0.3, -0.25) is 5.10 Å². The molecule has 0 saturated heterocycles. The summed E-state index contributed by atoms with van der Waals surface area (Å²) < 4.78 is 0.602. The summed E-state index contributed by atoms with van der Waals surface area (Å²) in [6, 6.07) is 1.49. The zero-order valence-electron chi connectivity index (χ0n) is 10.7. The number of phenols is 1. The van der Waals surface area contributed by atoms with Gasteiger partial charge in [-0.1, -0.05) is 0 Å². The van der Waals surface area contributed by atoms with Crippen molar-refractivity contribution < 1.29 is 15.0 Å². The topological polar surface area (TPSA) is 86.2 Å². The average molecular weight is 325 g/mol. The van der Waals surface area contributed by atoms with Crippen LogP contribution in [0.4, 0.5) is 0 Å². The Labute approximate surface area is 118 Å². The summed E-state index contributed by atoms with van der Waals surface area (Å²) in [5, 5.41) is 25.4. The van der Waals surface area contributed by atoms with Gasteiger partial charge in [-0.25, -0.2) is 4.79 Å². The summed E-state index contributed by atoms with van der Waals surface area (Å²) in [6.45, 7) is 5.53. The van der Waals surface area contributed by atoms with E-state index in [4.69, 9.17) is 5.11 Å². The molecule has 0 amide bonds. The van der Waals surface area contributed by atoms with E-state index in [2.05, 4.69) is 26.1 Å². The first kappa shape index (κ1) is 13.6. The van der Waals surface area contributed by atoms with Gasteiger partial charge < -0.3 is 10.2 Å².